The Hall–Kier alpha value is -2.34. The van der Waals surface area contributed by atoms with Crippen molar-refractivity contribution in [2.45, 2.75) is 45.6 Å². The van der Waals surface area contributed by atoms with Crippen LogP contribution in [0, 0.1) is 12.7 Å². The molecule has 4 nitrogen and oxygen atoms in total. The second-order valence-corrected chi connectivity index (χ2v) is 8.72. The topological polar surface area (TPSA) is 55.4 Å². The molecule has 0 saturated carbocycles. The normalized spacial score (nSPS) is 12.6. The number of rotatable bonds is 9. The summed E-state index contributed by atoms with van der Waals surface area (Å²) in [5.41, 5.74) is 7.65. The molecular formula is C28H30FN2NaO2. The first-order valence-electron chi connectivity index (χ1n) is 11.6. The van der Waals surface area contributed by atoms with Gasteiger partial charge in [-0.15, -0.1) is 0 Å². The van der Waals surface area contributed by atoms with Crippen molar-refractivity contribution in [3.63, 3.8) is 0 Å². The number of hydrogen-bond donors (Lipinski definition) is 1. The third-order valence-corrected chi connectivity index (χ3v) is 6.46. The number of hydrogen-bond acceptors (Lipinski definition) is 4. The predicted molar refractivity (Wildman–Crippen MR) is 129 cm³/mol. The number of benzene rings is 3. The Labute approximate surface area is 223 Å². The van der Waals surface area contributed by atoms with Crippen molar-refractivity contribution in [2.24, 2.45) is 0 Å². The molecule has 1 heterocycles. The fourth-order valence-corrected chi connectivity index (χ4v) is 4.63. The maximum Gasteiger partial charge on any atom is 1.00 e. The molecule has 0 bridgehead atoms. The monoisotopic (exact) mass is 468 g/mol. The minimum absolute atomic E-state index is 0. The molecule has 1 aliphatic rings. The van der Waals surface area contributed by atoms with Crippen LogP contribution in [0.2, 0.25) is 0 Å². The van der Waals surface area contributed by atoms with Crippen molar-refractivity contribution in [2.75, 3.05) is 23.3 Å². The average Bonchev–Trinajstić information content (AvgIpc) is 2.82. The van der Waals surface area contributed by atoms with Gasteiger partial charge in [-0.25, -0.2) is 4.39 Å². The second kappa shape index (κ2) is 12.4. The largest absolute Gasteiger partial charge is 1.00 e. The molecule has 1 N–H and O–H groups in total. The molecule has 0 radical (unpaired) electrons. The van der Waals surface area contributed by atoms with Gasteiger partial charge in [-0.1, -0.05) is 48.5 Å². The zero-order chi connectivity index (χ0) is 23.2. The second-order valence-electron chi connectivity index (χ2n) is 8.72. The quantitative estimate of drug-likeness (QED) is 0.483. The van der Waals surface area contributed by atoms with E-state index < -0.39 is 11.8 Å². The molecular weight excluding hydrogens is 438 g/mol. The van der Waals surface area contributed by atoms with Crippen LogP contribution in [0.15, 0.2) is 60.7 Å². The van der Waals surface area contributed by atoms with Gasteiger partial charge < -0.3 is 20.1 Å². The summed E-state index contributed by atoms with van der Waals surface area (Å²) in [5, 5.41) is 14.0. The van der Waals surface area contributed by atoms with Crippen LogP contribution >= 0.6 is 0 Å². The van der Waals surface area contributed by atoms with Gasteiger partial charge in [-0.3, -0.25) is 0 Å². The van der Waals surface area contributed by atoms with E-state index in [1.165, 1.54) is 40.4 Å². The van der Waals surface area contributed by atoms with Gasteiger partial charge >= 0.3 is 29.6 Å². The van der Waals surface area contributed by atoms with Crippen molar-refractivity contribution in [1.82, 2.24) is 0 Å². The zero-order valence-electron chi connectivity index (χ0n) is 20.1. The van der Waals surface area contributed by atoms with Crippen LogP contribution in [0.4, 0.5) is 15.8 Å². The Balaban J connectivity index is 0.00000324. The number of carboxylic acids is 1. The molecule has 172 valence electrons. The van der Waals surface area contributed by atoms with Gasteiger partial charge in [0.05, 0.1) is 0 Å². The van der Waals surface area contributed by atoms with E-state index in [9.17, 15) is 14.3 Å². The first-order valence-corrected chi connectivity index (χ1v) is 11.6. The van der Waals surface area contributed by atoms with Crippen LogP contribution in [-0.4, -0.2) is 19.1 Å². The first-order chi connectivity index (χ1) is 16.0. The number of halogens is 1. The molecule has 3 aromatic rings. The van der Waals surface area contributed by atoms with Crippen LogP contribution in [0.1, 0.15) is 40.7 Å². The molecule has 34 heavy (non-hydrogen) atoms. The number of carbonyl (C=O) groups is 1. The molecule has 6 heteroatoms. The Bertz CT molecular complexity index is 1120. The predicted octanol–water partition coefficient (Wildman–Crippen LogP) is 1.43. The van der Waals surface area contributed by atoms with E-state index in [2.05, 4.69) is 59.6 Å². The smallest absolute Gasteiger partial charge is 0.550 e. The summed E-state index contributed by atoms with van der Waals surface area (Å²) in [5.74, 6) is -1.56. The summed E-state index contributed by atoms with van der Waals surface area (Å²) < 4.78 is 14.3. The van der Waals surface area contributed by atoms with Crippen molar-refractivity contribution in [3.05, 3.63) is 94.3 Å². The molecule has 0 spiro atoms. The van der Waals surface area contributed by atoms with Gasteiger partial charge in [0, 0.05) is 37.0 Å². The van der Waals surface area contributed by atoms with Crippen LogP contribution in [0.25, 0.3) is 0 Å². The standard InChI is InChI=1S/C28H31FN2O2.Na/c1-20-24(19-30-25-13-11-22(26(29)18-25)12-14-27(32)33)10-9-23-8-5-16-31(28(20)23)17-15-21-6-3-2-4-7-21;/h2-4,6-7,9-11,13,18,30H,5,8,12,14-17,19H2,1H3,(H,32,33);/q;+1/p-1. The van der Waals surface area contributed by atoms with Gasteiger partial charge in [-0.05, 0) is 79.0 Å². The fourth-order valence-electron chi connectivity index (χ4n) is 4.63. The fraction of sp³-hybridized carbons (Fsp3) is 0.321. The number of fused-ring (bicyclic) bond motifs is 1. The maximum atomic E-state index is 14.3. The van der Waals surface area contributed by atoms with Crippen LogP contribution in [0.5, 0.6) is 0 Å². The summed E-state index contributed by atoms with van der Waals surface area (Å²) >= 11 is 0. The Morgan fingerprint density at radius 3 is 2.56 bits per heavy atom. The molecule has 0 amide bonds. The number of aliphatic carboxylic acids is 1. The van der Waals surface area contributed by atoms with E-state index in [1.54, 1.807) is 12.1 Å². The number of anilines is 2. The average molecular weight is 469 g/mol. The van der Waals surface area contributed by atoms with E-state index in [1.807, 2.05) is 0 Å². The number of nitrogens with zero attached hydrogens (tertiary/aromatic N) is 1. The van der Waals surface area contributed by atoms with Crippen LogP contribution in [0.3, 0.4) is 0 Å². The minimum atomic E-state index is -1.17. The molecule has 0 unspecified atom stereocenters. The zero-order valence-corrected chi connectivity index (χ0v) is 22.1. The molecule has 0 saturated heterocycles. The van der Waals surface area contributed by atoms with E-state index in [4.69, 9.17) is 0 Å². The SMILES string of the molecule is Cc1c(CNc2ccc(CCC(=O)[O-])c(F)c2)ccc2c1N(CCc1ccccc1)CCC2.[Na+]. The van der Waals surface area contributed by atoms with E-state index in [0.29, 0.717) is 17.8 Å². The van der Waals surface area contributed by atoms with Crippen molar-refractivity contribution < 1.29 is 43.8 Å². The summed E-state index contributed by atoms with van der Waals surface area (Å²) in [6.07, 6.45) is 3.24. The molecule has 3 aromatic carbocycles. The third kappa shape index (κ3) is 6.62. The molecule has 0 fully saturated rings. The Morgan fingerprint density at radius 1 is 1.06 bits per heavy atom. The van der Waals surface area contributed by atoms with E-state index in [0.717, 1.165) is 25.9 Å². The van der Waals surface area contributed by atoms with E-state index >= 15 is 0 Å². The number of aryl methyl sites for hydroxylation is 2. The molecule has 0 aromatic heterocycles. The molecule has 0 atom stereocenters. The third-order valence-electron chi connectivity index (χ3n) is 6.46. The van der Waals surface area contributed by atoms with Gasteiger partial charge in [0.2, 0.25) is 0 Å². The molecule has 4 rings (SSSR count). The van der Waals surface area contributed by atoms with Crippen LogP contribution in [-0.2, 0) is 30.6 Å². The van der Waals surface area contributed by atoms with Crippen molar-refractivity contribution in [1.29, 1.82) is 0 Å². The summed E-state index contributed by atoms with van der Waals surface area (Å²) in [6.45, 7) is 4.84. The van der Waals surface area contributed by atoms with Gasteiger partial charge in [0.25, 0.3) is 0 Å². The number of carboxylic acid groups (broad SMARTS) is 1. The molecule has 1 aliphatic heterocycles. The summed E-state index contributed by atoms with van der Waals surface area (Å²) in [6, 6.07) is 19.9. The van der Waals surface area contributed by atoms with E-state index in [-0.39, 0.29) is 42.4 Å². The minimum Gasteiger partial charge on any atom is -0.550 e. The van der Waals surface area contributed by atoms with Gasteiger partial charge in [-0.2, -0.15) is 0 Å². The molecule has 0 aliphatic carbocycles. The van der Waals surface area contributed by atoms with Gasteiger partial charge in [0.15, 0.2) is 0 Å². The Kier molecular flexibility index (Phi) is 9.57. The maximum absolute atomic E-state index is 14.3. The van der Waals surface area contributed by atoms with Crippen molar-refractivity contribution >= 4 is 17.3 Å². The van der Waals surface area contributed by atoms with Crippen LogP contribution < -0.4 is 44.9 Å². The summed E-state index contributed by atoms with van der Waals surface area (Å²) in [4.78, 5) is 13.1. The first kappa shape index (κ1) is 26.3. The van der Waals surface area contributed by atoms with Crippen molar-refractivity contribution in [3.8, 4) is 0 Å². The van der Waals surface area contributed by atoms with Gasteiger partial charge in [0.1, 0.15) is 5.82 Å². The number of nitrogens with one attached hydrogen (secondary N) is 1. The summed E-state index contributed by atoms with van der Waals surface area (Å²) in [7, 11) is 0. The Morgan fingerprint density at radius 2 is 1.82 bits per heavy atom. The number of carbonyl (C=O) groups excluding carboxylic acids is 1.